The van der Waals surface area contributed by atoms with Crippen molar-refractivity contribution in [2.75, 3.05) is 5.34 Å². The van der Waals surface area contributed by atoms with Crippen LogP contribution in [0.15, 0.2) is 107 Å². The van der Waals surface area contributed by atoms with E-state index in [2.05, 4.69) is 72.8 Å². The summed E-state index contributed by atoms with van der Waals surface area (Å²) in [6.07, 6.45) is 3.86. The van der Waals surface area contributed by atoms with Crippen LogP contribution in [0, 0.1) is 0 Å². The second-order valence-electron chi connectivity index (χ2n) is 6.85. The van der Waals surface area contributed by atoms with Gasteiger partial charge in [-0.05, 0) is 35.0 Å². The number of thiophene rings is 1. The van der Waals surface area contributed by atoms with Gasteiger partial charge in [0.2, 0.25) is 0 Å². The lowest BCUT2D eigenvalue weighted by Crippen LogP contribution is -1.76. The number of hydrogen-bond acceptors (Lipinski definition) is 3. The van der Waals surface area contributed by atoms with Gasteiger partial charge >= 0.3 is 0 Å². The lowest BCUT2D eigenvalue weighted by atomic mass is 10.1. The maximum Gasteiger partial charge on any atom is 0.0967 e. The van der Waals surface area contributed by atoms with Gasteiger partial charge in [0.15, 0.2) is 0 Å². The zero-order valence-electron chi connectivity index (χ0n) is 17.2. The van der Waals surface area contributed by atoms with Crippen LogP contribution in [0.25, 0.3) is 21.5 Å². The Morgan fingerprint density at radius 3 is 1.44 bits per heavy atom. The summed E-state index contributed by atoms with van der Waals surface area (Å²) in [6, 6.07) is 33.2. The zero-order valence-corrected chi connectivity index (χ0v) is 19.5. The van der Waals surface area contributed by atoms with E-state index in [1.54, 1.807) is 11.3 Å². The second kappa shape index (κ2) is 11.1. The number of hydrogen-bond donors (Lipinski definition) is 0. The van der Waals surface area contributed by atoms with Crippen molar-refractivity contribution in [1.29, 1.82) is 0 Å². The maximum absolute atomic E-state index is 4.76. The van der Waals surface area contributed by atoms with Crippen molar-refractivity contribution in [2.45, 2.75) is 0 Å². The lowest BCUT2D eigenvalue weighted by Gasteiger charge is -2.00. The van der Waals surface area contributed by atoms with Crippen LogP contribution >= 0.6 is 34.5 Å². The highest BCUT2D eigenvalue weighted by atomic mass is 35.5. The van der Waals surface area contributed by atoms with Crippen molar-refractivity contribution in [3.05, 3.63) is 107 Å². The molecular formula is C27H20Cl2N2S. The van der Waals surface area contributed by atoms with Crippen LogP contribution in [0.3, 0.4) is 0 Å². The third-order valence-electron chi connectivity index (χ3n) is 4.84. The SMILES string of the molecule is C(=Nc1cccc2ccccc12)c1ccc(C=Nc2cccc3ccccc23)s1.ClCCl. The van der Waals surface area contributed by atoms with E-state index in [0.29, 0.717) is 0 Å². The predicted molar refractivity (Wildman–Crippen MR) is 143 cm³/mol. The third kappa shape index (κ3) is 5.43. The van der Waals surface area contributed by atoms with Crippen molar-refractivity contribution in [1.82, 2.24) is 0 Å². The van der Waals surface area contributed by atoms with E-state index in [-0.39, 0.29) is 5.34 Å². The summed E-state index contributed by atoms with van der Waals surface area (Å²) in [4.78, 5) is 11.7. The molecule has 5 heteroatoms. The summed E-state index contributed by atoms with van der Waals surface area (Å²) in [5.41, 5.74) is 1.98. The molecule has 0 N–H and O–H groups in total. The smallest absolute Gasteiger partial charge is 0.0967 e. The molecule has 1 aromatic heterocycles. The molecule has 0 saturated heterocycles. The van der Waals surface area contributed by atoms with E-state index < -0.39 is 0 Å². The standard InChI is InChI=1S/C26H18N2S.CH2Cl2/c1-3-11-23-19(7-1)9-5-13-25(23)27-17-21-15-16-22(29-21)18-28-26-14-6-10-20-8-2-4-12-24(20)26;2-1-3/h1-18H;1H2. The van der Waals surface area contributed by atoms with Gasteiger partial charge in [-0.15, -0.1) is 34.5 Å². The first-order chi connectivity index (χ1) is 15.8. The van der Waals surface area contributed by atoms with E-state index >= 15 is 0 Å². The minimum absolute atomic E-state index is 0.194. The van der Waals surface area contributed by atoms with Gasteiger partial charge in [-0.25, -0.2) is 0 Å². The van der Waals surface area contributed by atoms with Crippen LogP contribution in [0.4, 0.5) is 11.4 Å². The number of halogens is 2. The van der Waals surface area contributed by atoms with Crippen molar-refractivity contribution in [3.8, 4) is 0 Å². The highest BCUT2D eigenvalue weighted by Crippen LogP contribution is 2.27. The highest BCUT2D eigenvalue weighted by molar-refractivity contribution is 7.15. The Bertz CT molecular complexity index is 1270. The molecule has 0 saturated carbocycles. The van der Waals surface area contributed by atoms with Crippen LogP contribution in [0.2, 0.25) is 0 Å². The van der Waals surface area contributed by atoms with Gasteiger partial charge in [0.1, 0.15) is 0 Å². The van der Waals surface area contributed by atoms with Gasteiger partial charge in [-0.1, -0.05) is 72.8 Å². The molecule has 2 nitrogen and oxygen atoms in total. The summed E-state index contributed by atoms with van der Waals surface area (Å²) in [7, 11) is 0. The minimum Gasteiger partial charge on any atom is -0.255 e. The summed E-state index contributed by atoms with van der Waals surface area (Å²) >= 11 is 11.2. The average molecular weight is 475 g/mol. The van der Waals surface area contributed by atoms with E-state index in [1.165, 1.54) is 21.5 Å². The molecule has 0 bridgehead atoms. The third-order valence-corrected chi connectivity index (χ3v) is 5.80. The quantitative estimate of drug-likeness (QED) is 0.183. The monoisotopic (exact) mass is 474 g/mol. The Balaban J connectivity index is 0.000000775. The lowest BCUT2D eigenvalue weighted by molar-refractivity contribution is 1.58. The van der Waals surface area contributed by atoms with Crippen molar-refractivity contribution >= 4 is 79.9 Å². The van der Waals surface area contributed by atoms with Gasteiger partial charge in [0.05, 0.1) is 16.7 Å². The second-order valence-corrected chi connectivity index (χ2v) is 8.81. The molecule has 0 amide bonds. The molecule has 0 fully saturated rings. The van der Waals surface area contributed by atoms with Crippen molar-refractivity contribution in [2.24, 2.45) is 9.98 Å². The molecule has 4 aromatic carbocycles. The van der Waals surface area contributed by atoms with E-state index in [1.807, 2.05) is 36.7 Å². The molecule has 0 atom stereocenters. The Labute approximate surface area is 201 Å². The molecule has 158 valence electrons. The van der Waals surface area contributed by atoms with Crippen molar-refractivity contribution in [3.63, 3.8) is 0 Å². The van der Waals surface area contributed by atoms with Crippen LogP contribution in [0.1, 0.15) is 9.75 Å². The number of aliphatic imine (C=N–C) groups is 2. The van der Waals surface area contributed by atoms with Crippen LogP contribution in [-0.4, -0.2) is 17.8 Å². The average Bonchev–Trinajstić information content (AvgIpc) is 3.30. The van der Waals surface area contributed by atoms with Gasteiger partial charge in [0, 0.05) is 33.0 Å². The first-order valence-electron chi connectivity index (χ1n) is 10.0. The van der Waals surface area contributed by atoms with E-state index in [9.17, 15) is 0 Å². The molecule has 0 spiro atoms. The Kier molecular flexibility index (Phi) is 7.68. The zero-order chi connectivity index (χ0) is 22.2. The number of fused-ring (bicyclic) bond motifs is 2. The number of benzene rings is 4. The molecule has 0 aliphatic heterocycles. The highest BCUT2D eigenvalue weighted by Gasteiger charge is 2.01. The fourth-order valence-corrected chi connectivity index (χ4v) is 4.17. The maximum atomic E-state index is 4.76. The Hall–Kier alpha value is -2.98. The van der Waals surface area contributed by atoms with Gasteiger partial charge in [0.25, 0.3) is 0 Å². The minimum atomic E-state index is 0.194. The fraction of sp³-hybridized carbons (Fsp3) is 0.0370. The molecule has 0 aliphatic carbocycles. The van der Waals surface area contributed by atoms with Crippen LogP contribution in [-0.2, 0) is 0 Å². The first kappa shape index (κ1) is 22.2. The predicted octanol–water partition coefficient (Wildman–Crippen LogP) is 8.98. The number of rotatable bonds is 4. The van der Waals surface area contributed by atoms with E-state index in [4.69, 9.17) is 33.2 Å². The number of alkyl halides is 2. The largest absolute Gasteiger partial charge is 0.255 e. The summed E-state index contributed by atoms with van der Waals surface area (Å²) in [5, 5.41) is 4.94. The molecular weight excluding hydrogens is 455 g/mol. The Morgan fingerprint density at radius 1 is 0.562 bits per heavy atom. The molecule has 32 heavy (non-hydrogen) atoms. The first-order valence-corrected chi connectivity index (χ1v) is 11.9. The molecule has 5 aromatic rings. The molecule has 5 rings (SSSR count). The van der Waals surface area contributed by atoms with E-state index in [0.717, 1.165) is 21.1 Å². The fourth-order valence-electron chi connectivity index (χ4n) is 3.42. The van der Waals surface area contributed by atoms with Gasteiger partial charge < -0.3 is 0 Å². The molecule has 0 radical (unpaired) electrons. The van der Waals surface area contributed by atoms with Crippen LogP contribution in [0.5, 0.6) is 0 Å². The summed E-state index contributed by atoms with van der Waals surface area (Å²) in [5.74, 6) is 0. The van der Waals surface area contributed by atoms with Crippen LogP contribution < -0.4 is 0 Å². The summed E-state index contributed by atoms with van der Waals surface area (Å²) < 4.78 is 0. The summed E-state index contributed by atoms with van der Waals surface area (Å²) in [6.45, 7) is 0. The molecule has 0 aliphatic rings. The Morgan fingerprint density at radius 2 is 0.969 bits per heavy atom. The van der Waals surface area contributed by atoms with Crippen molar-refractivity contribution < 1.29 is 0 Å². The van der Waals surface area contributed by atoms with Gasteiger partial charge in [-0.2, -0.15) is 0 Å². The molecule has 1 heterocycles. The topological polar surface area (TPSA) is 24.7 Å². The molecule has 0 unspecified atom stereocenters. The number of nitrogens with zero attached hydrogens (tertiary/aromatic N) is 2. The van der Waals surface area contributed by atoms with Gasteiger partial charge in [-0.3, -0.25) is 9.98 Å². The normalized spacial score (nSPS) is 11.3.